The second-order valence-electron chi connectivity index (χ2n) is 4.27. The van der Waals surface area contributed by atoms with Gasteiger partial charge in [-0.2, -0.15) is 0 Å². The fourth-order valence-corrected chi connectivity index (χ4v) is 2.12. The molecule has 0 aliphatic carbocycles. The molecule has 0 atom stereocenters. The molecule has 0 bridgehead atoms. The Balaban J connectivity index is 2.67. The molecule has 18 heavy (non-hydrogen) atoms. The smallest absolute Gasteiger partial charge is 0.336 e. The van der Waals surface area contributed by atoms with Gasteiger partial charge in [-0.15, -0.1) is 0 Å². The fourth-order valence-electron chi connectivity index (χ4n) is 2.00. The molecule has 2 nitrogen and oxygen atoms in total. The van der Waals surface area contributed by atoms with Crippen molar-refractivity contribution in [3.63, 3.8) is 0 Å². The molecular weight excluding hydrogens is 248 g/mol. The molecule has 0 unspecified atom stereocenters. The van der Waals surface area contributed by atoms with E-state index in [4.69, 9.17) is 11.6 Å². The quantitative estimate of drug-likeness (QED) is 0.873. The van der Waals surface area contributed by atoms with E-state index in [0.717, 1.165) is 22.3 Å². The molecule has 0 aliphatic heterocycles. The number of aryl methyl sites for hydroxylation is 2. The van der Waals surface area contributed by atoms with Crippen LogP contribution in [0.4, 0.5) is 0 Å². The number of carboxylic acid groups (broad SMARTS) is 1. The zero-order valence-corrected chi connectivity index (χ0v) is 11.0. The van der Waals surface area contributed by atoms with Crippen LogP contribution in [0.3, 0.4) is 0 Å². The summed E-state index contributed by atoms with van der Waals surface area (Å²) in [6.45, 7) is 3.71. The Bertz CT molecular complexity index is 618. The molecule has 0 amide bonds. The first-order valence-corrected chi connectivity index (χ1v) is 5.98. The van der Waals surface area contributed by atoms with E-state index in [9.17, 15) is 9.90 Å². The maximum atomic E-state index is 11.3. The van der Waals surface area contributed by atoms with Gasteiger partial charge in [0, 0.05) is 5.02 Å². The highest BCUT2D eigenvalue weighted by atomic mass is 35.5. The molecule has 92 valence electrons. The van der Waals surface area contributed by atoms with E-state index in [-0.39, 0.29) is 0 Å². The predicted molar refractivity (Wildman–Crippen MR) is 73.3 cm³/mol. The van der Waals surface area contributed by atoms with E-state index in [1.807, 2.05) is 31.2 Å². The first-order valence-electron chi connectivity index (χ1n) is 5.60. The molecule has 1 N–H and O–H groups in total. The number of hydrogen-bond acceptors (Lipinski definition) is 1. The predicted octanol–water partition coefficient (Wildman–Crippen LogP) is 4.32. The van der Waals surface area contributed by atoms with E-state index in [1.54, 1.807) is 19.1 Å². The average molecular weight is 261 g/mol. The third-order valence-electron chi connectivity index (χ3n) is 2.96. The van der Waals surface area contributed by atoms with Gasteiger partial charge in [0.2, 0.25) is 0 Å². The van der Waals surface area contributed by atoms with Gasteiger partial charge in [0.1, 0.15) is 0 Å². The summed E-state index contributed by atoms with van der Waals surface area (Å²) in [5.74, 6) is -0.907. The van der Waals surface area contributed by atoms with Crippen LogP contribution in [0.2, 0.25) is 5.02 Å². The summed E-state index contributed by atoms with van der Waals surface area (Å²) in [6, 6.07) is 11.0. The maximum absolute atomic E-state index is 11.3. The third kappa shape index (κ3) is 2.24. The third-order valence-corrected chi connectivity index (χ3v) is 3.38. The second-order valence-corrected chi connectivity index (χ2v) is 4.67. The number of aromatic carboxylic acids is 1. The number of rotatable bonds is 2. The Kier molecular flexibility index (Phi) is 3.39. The summed E-state index contributed by atoms with van der Waals surface area (Å²) in [4.78, 5) is 11.3. The van der Waals surface area contributed by atoms with Crippen LogP contribution in [0, 0.1) is 13.8 Å². The Morgan fingerprint density at radius 3 is 2.44 bits per heavy atom. The summed E-state index contributed by atoms with van der Waals surface area (Å²) in [5.41, 5.74) is 3.64. The number of carboxylic acids is 1. The second kappa shape index (κ2) is 4.83. The van der Waals surface area contributed by atoms with Crippen molar-refractivity contribution in [3.05, 3.63) is 58.1 Å². The molecule has 2 rings (SSSR count). The van der Waals surface area contributed by atoms with Gasteiger partial charge >= 0.3 is 5.97 Å². The first-order chi connectivity index (χ1) is 8.50. The van der Waals surface area contributed by atoms with Crippen LogP contribution in [0.5, 0.6) is 0 Å². The number of hydrogen-bond donors (Lipinski definition) is 1. The molecule has 0 aromatic heterocycles. The largest absolute Gasteiger partial charge is 0.478 e. The van der Waals surface area contributed by atoms with Crippen molar-refractivity contribution < 1.29 is 9.90 Å². The van der Waals surface area contributed by atoms with Crippen LogP contribution < -0.4 is 0 Å². The molecule has 0 aliphatic rings. The Hall–Kier alpha value is -1.80. The minimum atomic E-state index is -0.907. The zero-order valence-electron chi connectivity index (χ0n) is 10.2. The van der Waals surface area contributed by atoms with Gasteiger partial charge in [0.05, 0.1) is 5.56 Å². The van der Waals surface area contributed by atoms with Crippen molar-refractivity contribution in [2.75, 3.05) is 0 Å². The molecule has 2 aromatic carbocycles. The molecule has 0 heterocycles. The molecule has 2 aromatic rings. The molecule has 0 saturated carbocycles. The van der Waals surface area contributed by atoms with Gasteiger partial charge in [0.15, 0.2) is 0 Å². The van der Waals surface area contributed by atoms with Crippen molar-refractivity contribution >= 4 is 17.6 Å². The van der Waals surface area contributed by atoms with Crippen LogP contribution >= 0.6 is 11.6 Å². The summed E-state index contributed by atoms with van der Waals surface area (Å²) in [7, 11) is 0. The highest BCUT2D eigenvalue weighted by Crippen LogP contribution is 2.29. The van der Waals surface area contributed by atoms with Gasteiger partial charge in [-0.3, -0.25) is 0 Å². The van der Waals surface area contributed by atoms with Gasteiger partial charge in [0.25, 0.3) is 0 Å². The lowest BCUT2D eigenvalue weighted by Gasteiger charge is -2.10. The maximum Gasteiger partial charge on any atom is 0.336 e. The molecule has 0 saturated heterocycles. The fraction of sp³-hybridized carbons (Fsp3) is 0.133. The lowest BCUT2D eigenvalue weighted by atomic mass is 9.95. The van der Waals surface area contributed by atoms with E-state index >= 15 is 0 Å². The molecular formula is C15H13ClO2. The van der Waals surface area contributed by atoms with Crippen molar-refractivity contribution in [2.45, 2.75) is 13.8 Å². The lowest BCUT2D eigenvalue weighted by molar-refractivity contribution is 0.0697. The van der Waals surface area contributed by atoms with Gasteiger partial charge < -0.3 is 5.11 Å². The normalized spacial score (nSPS) is 10.4. The van der Waals surface area contributed by atoms with E-state index in [2.05, 4.69) is 0 Å². The van der Waals surface area contributed by atoms with E-state index in [0.29, 0.717) is 10.6 Å². The highest BCUT2D eigenvalue weighted by molar-refractivity contribution is 6.31. The molecule has 0 radical (unpaired) electrons. The molecule has 0 fully saturated rings. The van der Waals surface area contributed by atoms with E-state index < -0.39 is 5.97 Å². The SMILES string of the molecule is Cc1cc(-c2cccc(C)c2C(=O)O)ccc1Cl. The van der Waals surface area contributed by atoms with Crippen molar-refractivity contribution in [3.8, 4) is 11.1 Å². The lowest BCUT2D eigenvalue weighted by Crippen LogP contribution is -2.02. The van der Waals surface area contributed by atoms with Crippen molar-refractivity contribution in [1.29, 1.82) is 0 Å². The zero-order chi connectivity index (χ0) is 13.3. The van der Waals surface area contributed by atoms with Crippen LogP contribution in [0.1, 0.15) is 21.5 Å². The monoisotopic (exact) mass is 260 g/mol. The minimum absolute atomic E-state index is 0.347. The summed E-state index contributed by atoms with van der Waals surface area (Å²) in [5, 5.41) is 9.99. The Morgan fingerprint density at radius 1 is 1.11 bits per heavy atom. The van der Waals surface area contributed by atoms with Crippen LogP contribution in [0.25, 0.3) is 11.1 Å². The summed E-state index contributed by atoms with van der Waals surface area (Å²) in [6.07, 6.45) is 0. The van der Waals surface area contributed by atoms with Gasteiger partial charge in [-0.25, -0.2) is 4.79 Å². The van der Waals surface area contributed by atoms with Crippen LogP contribution in [-0.4, -0.2) is 11.1 Å². The van der Waals surface area contributed by atoms with E-state index in [1.165, 1.54) is 0 Å². The van der Waals surface area contributed by atoms with Crippen LogP contribution in [0.15, 0.2) is 36.4 Å². The summed E-state index contributed by atoms with van der Waals surface area (Å²) < 4.78 is 0. The minimum Gasteiger partial charge on any atom is -0.478 e. The Morgan fingerprint density at radius 2 is 1.83 bits per heavy atom. The molecule has 3 heteroatoms. The standard InChI is InChI=1S/C15H13ClO2/c1-9-4-3-5-12(14(9)15(17)18)11-6-7-13(16)10(2)8-11/h3-8H,1-2H3,(H,17,18). The Labute approximate surface area is 111 Å². The topological polar surface area (TPSA) is 37.3 Å². The number of benzene rings is 2. The molecule has 0 spiro atoms. The first kappa shape index (κ1) is 12.7. The van der Waals surface area contributed by atoms with Gasteiger partial charge in [-0.1, -0.05) is 35.9 Å². The van der Waals surface area contributed by atoms with Crippen LogP contribution in [-0.2, 0) is 0 Å². The summed E-state index contributed by atoms with van der Waals surface area (Å²) >= 11 is 5.99. The van der Waals surface area contributed by atoms with Crippen molar-refractivity contribution in [2.24, 2.45) is 0 Å². The van der Waals surface area contributed by atoms with Crippen molar-refractivity contribution in [1.82, 2.24) is 0 Å². The highest BCUT2D eigenvalue weighted by Gasteiger charge is 2.14. The number of carbonyl (C=O) groups is 1. The van der Waals surface area contributed by atoms with Gasteiger partial charge in [-0.05, 0) is 48.2 Å². The number of halogens is 1. The average Bonchev–Trinajstić information content (AvgIpc) is 2.32.